The quantitative estimate of drug-likeness (QED) is 0.840. The molecule has 7 heteroatoms. The lowest BCUT2D eigenvalue weighted by molar-refractivity contribution is 0.0599. The van der Waals surface area contributed by atoms with E-state index >= 15 is 0 Å². The van der Waals surface area contributed by atoms with Crippen molar-refractivity contribution in [3.8, 4) is 0 Å². The van der Waals surface area contributed by atoms with Crippen LogP contribution in [-0.2, 0) is 24.0 Å². The first-order valence-corrected chi connectivity index (χ1v) is 8.79. The van der Waals surface area contributed by atoms with Gasteiger partial charge in [0.15, 0.2) is 0 Å². The van der Waals surface area contributed by atoms with Crippen molar-refractivity contribution in [2.24, 2.45) is 0 Å². The Bertz CT molecular complexity index is 717. The lowest BCUT2D eigenvalue weighted by Crippen LogP contribution is -2.26. The number of hydrogen-bond acceptors (Lipinski definition) is 6. The third kappa shape index (κ3) is 3.79. The van der Waals surface area contributed by atoms with Gasteiger partial charge in [-0.2, -0.15) is 0 Å². The Kier molecular flexibility index (Phi) is 5.20. The number of nitrogens with one attached hydrogen (secondary N) is 1. The van der Waals surface area contributed by atoms with Gasteiger partial charge in [0, 0.05) is 24.0 Å². The zero-order chi connectivity index (χ0) is 16.9. The summed E-state index contributed by atoms with van der Waals surface area (Å²) in [5, 5.41) is 3.92. The molecule has 0 radical (unpaired) electrons. The van der Waals surface area contributed by atoms with E-state index in [1.165, 1.54) is 48.9 Å². The molecule has 1 aliphatic rings. The molecule has 6 nitrogen and oxygen atoms in total. The average Bonchev–Trinajstić information content (AvgIpc) is 3.03. The zero-order valence-corrected chi connectivity index (χ0v) is 14.3. The van der Waals surface area contributed by atoms with Crippen LogP contribution >= 0.6 is 11.3 Å². The number of esters is 1. The van der Waals surface area contributed by atoms with Crippen LogP contribution < -0.4 is 5.32 Å². The summed E-state index contributed by atoms with van der Waals surface area (Å²) in [6, 6.07) is 3.05. The van der Waals surface area contributed by atoms with Gasteiger partial charge < -0.3 is 10.1 Å². The van der Waals surface area contributed by atoms with E-state index in [0.717, 1.165) is 24.3 Å². The van der Waals surface area contributed by atoms with E-state index in [0.29, 0.717) is 12.1 Å². The molecule has 126 valence electrons. The number of thiazole rings is 1. The van der Waals surface area contributed by atoms with Crippen molar-refractivity contribution in [1.29, 1.82) is 0 Å². The van der Waals surface area contributed by atoms with E-state index in [1.807, 2.05) is 0 Å². The zero-order valence-electron chi connectivity index (χ0n) is 13.5. The van der Waals surface area contributed by atoms with Crippen molar-refractivity contribution in [3.63, 3.8) is 0 Å². The molecule has 0 fully saturated rings. The summed E-state index contributed by atoms with van der Waals surface area (Å²) in [5.74, 6) is -0.727. The molecule has 3 rings (SSSR count). The number of ether oxygens (including phenoxy) is 1. The smallest absolute Gasteiger partial charge is 0.339 e. The molecule has 0 atom stereocenters. The van der Waals surface area contributed by atoms with Crippen LogP contribution in [0.3, 0.4) is 0 Å². The van der Waals surface area contributed by atoms with Crippen molar-refractivity contribution in [3.05, 3.63) is 45.2 Å². The van der Waals surface area contributed by atoms with Crippen LogP contribution in [0.1, 0.15) is 49.3 Å². The first-order valence-electron chi connectivity index (χ1n) is 7.97. The minimum atomic E-state index is -0.470. The molecule has 1 amide bonds. The number of amides is 1. The average molecular weight is 345 g/mol. The molecule has 2 aromatic rings. The van der Waals surface area contributed by atoms with Crippen LogP contribution in [0.15, 0.2) is 18.3 Å². The van der Waals surface area contributed by atoms with Gasteiger partial charge in [-0.05, 0) is 37.8 Å². The van der Waals surface area contributed by atoms with E-state index in [4.69, 9.17) is 0 Å². The van der Waals surface area contributed by atoms with Crippen molar-refractivity contribution in [2.45, 2.75) is 32.1 Å². The fourth-order valence-electron chi connectivity index (χ4n) is 2.65. The van der Waals surface area contributed by atoms with Gasteiger partial charge in [0.05, 0.1) is 23.4 Å². The maximum Gasteiger partial charge on any atom is 0.339 e. The highest BCUT2D eigenvalue weighted by Gasteiger charge is 2.15. The Morgan fingerprint density at radius 3 is 2.83 bits per heavy atom. The summed E-state index contributed by atoms with van der Waals surface area (Å²) in [6.45, 7) is 0.520. The molecule has 24 heavy (non-hydrogen) atoms. The van der Waals surface area contributed by atoms with Crippen LogP contribution in [0.2, 0.25) is 0 Å². The summed E-state index contributed by atoms with van der Waals surface area (Å²) >= 11 is 1.76. The summed E-state index contributed by atoms with van der Waals surface area (Å²) < 4.78 is 4.60. The third-order valence-corrected chi connectivity index (χ3v) is 5.15. The first-order chi connectivity index (χ1) is 11.7. The largest absolute Gasteiger partial charge is 0.465 e. The number of rotatable bonds is 5. The molecular formula is C17H19N3O3S. The predicted molar refractivity (Wildman–Crippen MR) is 90.4 cm³/mol. The SMILES string of the molecule is COC(=O)c1ccc(C(=O)NCCc2nc3c(s2)CCCC3)nc1. The molecule has 0 aliphatic heterocycles. The topological polar surface area (TPSA) is 81.2 Å². The molecule has 0 saturated carbocycles. The van der Waals surface area contributed by atoms with Crippen LogP contribution in [0.25, 0.3) is 0 Å². The second-order valence-electron chi connectivity index (χ2n) is 5.61. The van der Waals surface area contributed by atoms with Crippen molar-refractivity contribution in [2.75, 3.05) is 13.7 Å². The van der Waals surface area contributed by atoms with Gasteiger partial charge in [0.1, 0.15) is 5.69 Å². The Balaban J connectivity index is 1.52. The number of carbonyl (C=O) groups excluding carboxylic acids is 2. The Labute approximate surface area is 144 Å². The minimum absolute atomic E-state index is 0.257. The molecule has 1 N–H and O–H groups in total. The van der Waals surface area contributed by atoms with Crippen LogP contribution in [0.5, 0.6) is 0 Å². The van der Waals surface area contributed by atoms with E-state index in [2.05, 4.69) is 20.0 Å². The van der Waals surface area contributed by atoms with E-state index in [-0.39, 0.29) is 11.6 Å². The normalized spacial score (nSPS) is 13.2. The lowest BCUT2D eigenvalue weighted by atomic mass is 10.0. The van der Waals surface area contributed by atoms with E-state index in [1.54, 1.807) is 11.3 Å². The highest BCUT2D eigenvalue weighted by molar-refractivity contribution is 7.11. The summed E-state index contributed by atoms with van der Waals surface area (Å²) in [7, 11) is 1.30. The molecule has 2 aromatic heterocycles. The minimum Gasteiger partial charge on any atom is -0.465 e. The van der Waals surface area contributed by atoms with Gasteiger partial charge in [0.25, 0.3) is 5.91 Å². The number of aromatic nitrogens is 2. The number of carbonyl (C=O) groups is 2. The van der Waals surface area contributed by atoms with E-state index in [9.17, 15) is 9.59 Å². The molecule has 2 heterocycles. The molecule has 0 aromatic carbocycles. The number of hydrogen-bond donors (Lipinski definition) is 1. The summed E-state index contributed by atoms with van der Waals surface area (Å²) in [5.41, 5.74) is 1.84. The van der Waals surface area contributed by atoms with E-state index < -0.39 is 5.97 Å². The van der Waals surface area contributed by atoms with Gasteiger partial charge in [-0.3, -0.25) is 9.78 Å². The number of nitrogens with zero attached hydrogens (tertiary/aromatic N) is 2. The van der Waals surface area contributed by atoms with Gasteiger partial charge in [0.2, 0.25) is 0 Å². The lowest BCUT2D eigenvalue weighted by Gasteiger charge is -2.06. The highest BCUT2D eigenvalue weighted by Crippen LogP contribution is 2.26. The van der Waals surface area contributed by atoms with Crippen LogP contribution in [0, 0.1) is 0 Å². The highest BCUT2D eigenvalue weighted by atomic mass is 32.1. The Hall–Kier alpha value is -2.28. The Morgan fingerprint density at radius 1 is 1.29 bits per heavy atom. The van der Waals surface area contributed by atoms with Crippen molar-refractivity contribution >= 4 is 23.2 Å². The molecule has 1 aliphatic carbocycles. The first kappa shape index (κ1) is 16.6. The van der Waals surface area contributed by atoms with Gasteiger partial charge in [-0.25, -0.2) is 9.78 Å². The third-order valence-electron chi connectivity index (χ3n) is 3.93. The van der Waals surface area contributed by atoms with Crippen molar-refractivity contribution in [1.82, 2.24) is 15.3 Å². The standard InChI is InChI=1S/C17H19N3O3S/c1-23-17(22)11-6-7-13(19-10-11)16(21)18-9-8-15-20-12-4-2-3-5-14(12)24-15/h6-7,10H,2-5,8-9H2,1H3,(H,18,21). The van der Waals surface area contributed by atoms with Crippen LogP contribution in [0.4, 0.5) is 0 Å². The summed E-state index contributed by atoms with van der Waals surface area (Å²) in [4.78, 5) is 33.5. The fourth-order valence-corrected chi connectivity index (χ4v) is 3.81. The number of aryl methyl sites for hydroxylation is 2. The number of fused-ring (bicyclic) bond motifs is 1. The second-order valence-corrected chi connectivity index (χ2v) is 6.78. The number of methoxy groups -OCH3 is 1. The maximum absolute atomic E-state index is 12.1. The molecule has 0 saturated heterocycles. The van der Waals surface area contributed by atoms with Gasteiger partial charge in [-0.15, -0.1) is 11.3 Å². The van der Waals surface area contributed by atoms with Gasteiger partial charge in [-0.1, -0.05) is 0 Å². The Morgan fingerprint density at radius 2 is 2.12 bits per heavy atom. The van der Waals surface area contributed by atoms with Crippen molar-refractivity contribution < 1.29 is 14.3 Å². The molecule has 0 bridgehead atoms. The monoisotopic (exact) mass is 345 g/mol. The molecule has 0 spiro atoms. The fraction of sp³-hybridized carbons (Fsp3) is 0.412. The summed E-state index contributed by atoms with van der Waals surface area (Å²) in [6.07, 6.45) is 6.75. The predicted octanol–water partition coefficient (Wildman–Crippen LogP) is 2.18. The maximum atomic E-state index is 12.1. The number of pyridine rings is 1. The molecular weight excluding hydrogens is 326 g/mol. The van der Waals surface area contributed by atoms with Crippen LogP contribution in [-0.4, -0.2) is 35.5 Å². The second kappa shape index (κ2) is 7.53. The molecule has 0 unspecified atom stereocenters. The van der Waals surface area contributed by atoms with Gasteiger partial charge >= 0.3 is 5.97 Å².